The molecule has 0 heterocycles. The molecule has 0 aliphatic carbocycles. The van der Waals surface area contributed by atoms with Gasteiger partial charge in [-0.1, -0.05) is 13.8 Å². The summed E-state index contributed by atoms with van der Waals surface area (Å²) < 4.78 is 5.59. The van der Waals surface area contributed by atoms with Crippen LogP contribution in [0, 0.1) is 0 Å². The van der Waals surface area contributed by atoms with Crippen LogP contribution in [0.5, 0.6) is 5.75 Å². The molecular weight excluding hydrogens is 230 g/mol. The van der Waals surface area contributed by atoms with Gasteiger partial charge in [0.25, 0.3) is 0 Å². The SMILES string of the molecule is CCN(CC)CCOc1cc(C(N)=O)ccc1N. The Morgan fingerprint density at radius 2 is 2.00 bits per heavy atom. The normalized spacial score (nSPS) is 10.6. The molecule has 18 heavy (non-hydrogen) atoms. The molecule has 0 aromatic heterocycles. The number of nitrogens with zero attached hydrogens (tertiary/aromatic N) is 1. The van der Waals surface area contributed by atoms with Crippen molar-refractivity contribution < 1.29 is 9.53 Å². The number of primary amides is 1. The molecule has 1 rings (SSSR count). The van der Waals surface area contributed by atoms with Crippen molar-refractivity contribution in [2.24, 2.45) is 5.73 Å². The third-order valence-electron chi connectivity index (χ3n) is 2.86. The summed E-state index contributed by atoms with van der Waals surface area (Å²) in [6.07, 6.45) is 0. The summed E-state index contributed by atoms with van der Waals surface area (Å²) in [6, 6.07) is 4.81. The second-order valence-electron chi connectivity index (χ2n) is 3.99. The lowest BCUT2D eigenvalue weighted by molar-refractivity contribution is 0.1000. The summed E-state index contributed by atoms with van der Waals surface area (Å²) in [7, 11) is 0. The number of rotatable bonds is 7. The molecular formula is C13H21N3O2. The van der Waals surface area contributed by atoms with Crippen LogP contribution in [0.3, 0.4) is 0 Å². The predicted octanol–water partition coefficient (Wildman–Crippen LogP) is 1.09. The minimum Gasteiger partial charge on any atom is -0.490 e. The molecule has 0 aliphatic heterocycles. The highest BCUT2D eigenvalue weighted by molar-refractivity contribution is 5.93. The minimum atomic E-state index is -0.483. The largest absolute Gasteiger partial charge is 0.490 e. The first-order chi connectivity index (χ1) is 8.58. The van der Waals surface area contributed by atoms with E-state index in [1.807, 2.05) is 0 Å². The van der Waals surface area contributed by atoms with Gasteiger partial charge >= 0.3 is 0 Å². The van der Waals surface area contributed by atoms with Crippen LogP contribution in [0.15, 0.2) is 18.2 Å². The van der Waals surface area contributed by atoms with Crippen LogP contribution in [-0.4, -0.2) is 37.0 Å². The number of carbonyl (C=O) groups excluding carboxylic acids is 1. The van der Waals surface area contributed by atoms with Crippen LogP contribution in [0.1, 0.15) is 24.2 Å². The first kappa shape index (κ1) is 14.3. The molecule has 0 spiro atoms. The monoisotopic (exact) mass is 251 g/mol. The summed E-state index contributed by atoms with van der Waals surface area (Å²) >= 11 is 0. The van der Waals surface area contributed by atoms with E-state index in [2.05, 4.69) is 18.7 Å². The molecule has 0 saturated carbocycles. The first-order valence-corrected chi connectivity index (χ1v) is 6.13. The highest BCUT2D eigenvalue weighted by Gasteiger charge is 2.07. The molecule has 1 amide bonds. The summed E-state index contributed by atoms with van der Waals surface area (Å²) in [4.78, 5) is 13.3. The molecule has 4 N–H and O–H groups in total. The zero-order chi connectivity index (χ0) is 13.5. The van der Waals surface area contributed by atoms with Gasteiger partial charge in [-0.2, -0.15) is 0 Å². The van der Waals surface area contributed by atoms with Gasteiger partial charge in [0.15, 0.2) is 0 Å². The first-order valence-electron chi connectivity index (χ1n) is 6.13. The number of ether oxygens (including phenoxy) is 1. The maximum absolute atomic E-state index is 11.1. The molecule has 100 valence electrons. The molecule has 0 atom stereocenters. The maximum Gasteiger partial charge on any atom is 0.248 e. The lowest BCUT2D eigenvalue weighted by Crippen LogP contribution is -2.28. The fourth-order valence-electron chi connectivity index (χ4n) is 1.64. The van der Waals surface area contributed by atoms with Crippen molar-refractivity contribution in [3.05, 3.63) is 23.8 Å². The Bertz CT molecular complexity index is 403. The van der Waals surface area contributed by atoms with Crippen LogP contribution in [0.2, 0.25) is 0 Å². The van der Waals surface area contributed by atoms with E-state index in [9.17, 15) is 4.79 Å². The van der Waals surface area contributed by atoms with Gasteiger partial charge in [-0.25, -0.2) is 0 Å². The standard InChI is InChI=1S/C13H21N3O2/c1-3-16(4-2)7-8-18-12-9-10(13(15)17)5-6-11(12)14/h5-6,9H,3-4,7-8,14H2,1-2H3,(H2,15,17). The molecule has 0 radical (unpaired) electrons. The summed E-state index contributed by atoms with van der Waals surface area (Å²) in [5, 5.41) is 0. The van der Waals surface area contributed by atoms with E-state index in [-0.39, 0.29) is 0 Å². The molecule has 0 bridgehead atoms. The Hall–Kier alpha value is -1.75. The van der Waals surface area contributed by atoms with Crippen LogP contribution < -0.4 is 16.2 Å². The number of likely N-dealkylation sites (N-methyl/N-ethyl adjacent to an activating group) is 1. The van der Waals surface area contributed by atoms with Gasteiger partial charge in [0, 0.05) is 12.1 Å². The van der Waals surface area contributed by atoms with Crippen molar-refractivity contribution in [2.45, 2.75) is 13.8 Å². The highest BCUT2D eigenvalue weighted by atomic mass is 16.5. The van der Waals surface area contributed by atoms with Gasteiger partial charge in [0.05, 0.1) is 5.69 Å². The molecule has 0 unspecified atom stereocenters. The van der Waals surface area contributed by atoms with E-state index in [1.54, 1.807) is 18.2 Å². The van der Waals surface area contributed by atoms with Gasteiger partial charge in [-0.3, -0.25) is 4.79 Å². The Morgan fingerprint density at radius 1 is 1.33 bits per heavy atom. The predicted molar refractivity (Wildman–Crippen MR) is 72.7 cm³/mol. The fraction of sp³-hybridized carbons (Fsp3) is 0.462. The topological polar surface area (TPSA) is 81.6 Å². The number of nitrogen functional groups attached to an aromatic ring is 1. The van der Waals surface area contributed by atoms with Crippen LogP contribution >= 0.6 is 0 Å². The molecule has 0 aliphatic rings. The van der Waals surface area contributed by atoms with E-state index in [4.69, 9.17) is 16.2 Å². The van der Waals surface area contributed by atoms with Crippen molar-refractivity contribution in [2.75, 3.05) is 32.0 Å². The zero-order valence-corrected chi connectivity index (χ0v) is 11.0. The number of hydrogen-bond donors (Lipinski definition) is 2. The quantitative estimate of drug-likeness (QED) is 0.711. The Morgan fingerprint density at radius 3 is 2.56 bits per heavy atom. The van der Waals surface area contributed by atoms with Crippen molar-refractivity contribution >= 4 is 11.6 Å². The van der Waals surface area contributed by atoms with E-state index < -0.39 is 5.91 Å². The second kappa shape index (κ2) is 6.86. The van der Waals surface area contributed by atoms with Crippen molar-refractivity contribution in [1.82, 2.24) is 4.90 Å². The highest BCUT2D eigenvalue weighted by Crippen LogP contribution is 2.22. The Kier molecular flexibility index (Phi) is 5.45. The van der Waals surface area contributed by atoms with Crippen molar-refractivity contribution in [3.8, 4) is 5.75 Å². The molecule has 5 nitrogen and oxygen atoms in total. The lowest BCUT2D eigenvalue weighted by Gasteiger charge is -2.18. The minimum absolute atomic E-state index is 0.405. The third kappa shape index (κ3) is 3.92. The van der Waals surface area contributed by atoms with E-state index in [0.717, 1.165) is 19.6 Å². The smallest absolute Gasteiger partial charge is 0.248 e. The number of benzene rings is 1. The molecule has 1 aromatic rings. The average Bonchev–Trinajstić information content (AvgIpc) is 2.36. The molecule has 1 aromatic carbocycles. The number of amides is 1. The van der Waals surface area contributed by atoms with Gasteiger partial charge in [0.2, 0.25) is 5.91 Å². The molecule has 5 heteroatoms. The number of carbonyl (C=O) groups is 1. The van der Waals surface area contributed by atoms with Crippen LogP contribution in [0.4, 0.5) is 5.69 Å². The van der Waals surface area contributed by atoms with E-state index in [0.29, 0.717) is 23.6 Å². The summed E-state index contributed by atoms with van der Waals surface area (Å²) in [6.45, 7) is 7.53. The summed E-state index contributed by atoms with van der Waals surface area (Å²) in [5.41, 5.74) is 11.9. The fourth-order valence-corrected chi connectivity index (χ4v) is 1.64. The molecule has 0 saturated heterocycles. The number of hydrogen-bond acceptors (Lipinski definition) is 4. The lowest BCUT2D eigenvalue weighted by atomic mass is 10.2. The van der Waals surface area contributed by atoms with E-state index >= 15 is 0 Å². The number of nitrogens with two attached hydrogens (primary N) is 2. The Balaban J connectivity index is 2.61. The average molecular weight is 251 g/mol. The Labute approximate surface area is 108 Å². The molecule has 0 fully saturated rings. The van der Waals surface area contributed by atoms with Crippen LogP contribution in [-0.2, 0) is 0 Å². The van der Waals surface area contributed by atoms with Gasteiger partial charge in [-0.05, 0) is 31.3 Å². The van der Waals surface area contributed by atoms with E-state index in [1.165, 1.54) is 0 Å². The van der Waals surface area contributed by atoms with Gasteiger partial charge in [0.1, 0.15) is 12.4 Å². The third-order valence-corrected chi connectivity index (χ3v) is 2.86. The zero-order valence-electron chi connectivity index (χ0n) is 11.0. The van der Waals surface area contributed by atoms with Crippen molar-refractivity contribution in [3.63, 3.8) is 0 Å². The second-order valence-corrected chi connectivity index (χ2v) is 3.99. The number of anilines is 1. The maximum atomic E-state index is 11.1. The van der Waals surface area contributed by atoms with Gasteiger partial charge in [-0.15, -0.1) is 0 Å². The van der Waals surface area contributed by atoms with Crippen molar-refractivity contribution in [1.29, 1.82) is 0 Å². The van der Waals surface area contributed by atoms with Gasteiger partial charge < -0.3 is 21.1 Å². The summed E-state index contributed by atoms with van der Waals surface area (Å²) in [5.74, 6) is 0.0297. The van der Waals surface area contributed by atoms with Crippen LogP contribution in [0.25, 0.3) is 0 Å².